The second-order valence-corrected chi connectivity index (χ2v) is 0. The molecule has 0 saturated carbocycles. The second kappa shape index (κ2) is 145. The van der Waals surface area contributed by atoms with Crippen LogP contribution in [0, 0.1) is 0 Å². The standard InChI is InChI=1S/Ni.4H2O.Pt/h;4*1H2;/q+2;;;;;+2/p-4. The summed E-state index contributed by atoms with van der Waals surface area (Å²) in [4.78, 5) is 0. The van der Waals surface area contributed by atoms with E-state index in [2.05, 4.69) is 0 Å². The normalized spacial score (nSPS) is 0. The summed E-state index contributed by atoms with van der Waals surface area (Å²) in [7, 11) is 0. The largest absolute Gasteiger partial charge is 2.00 e. The van der Waals surface area contributed by atoms with E-state index in [0.29, 0.717) is 0 Å². The van der Waals surface area contributed by atoms with Crippen LogP contribution in [0.5, 0.6) is 0 Å². The smallest absolute Gasteiger partial charge is 0.870 e. The van der Waals surface area contributed by atoms with Gasteiger partial charge in [0.2, 0.25) is 0 Å². The average Bonchev–Trinajstić information content (AvgIpc) is 0. The summed E-state index contributed by atoms with van der Waals surface area (Å²) in [5, 5.41) is 0. The summed E-state index contributed by atoms with van der Waals surface area (Å²) < 4.78 is 0. The molecule has 0 amide bonds. The van der Waals surface area contributed by atoms with Crippen molar-refractivity contribution in [2.45, 2.75) is 0 Å². The zero-order valence-electron chi connectivity index (χ0n) is 2.42. The summed E-state index contributed by atoms with van der Waals surface area (Å²) >= 11 is 0. The van der Waals surface area contributed by atoms with Gasteiger partial charge in [-0.15, -0.1) is 0 Å². The van der Waals surface area contributed by atoms with Gasteiger partial charge >= 0.3 is 37.6 Å². The molecule has 0 bridgehead atoms. The Kier molecular flexibility index (Phi) is 5910. The first-order valence-corrected chi connectivity index (χ1v) is 0. The molecule has 0 aromatic heterocycles. The maximum absolute atomic E-state index is 0. The van der Waals surface area contributed by atoms with Crippen molar-refractivity contribution in [2.24, 2.45) is 0 Å². The van der Waals surface area contributed by atoms with Crippen LogP contribution in [0.3, 0.4) is 0 Å². The predicted molar refractivity (Wildman–Crippen MR) is 7.74 cm³/mol. The van der Waals surface area contributed by atoms with E-state index in [9.17, 15) is 0 Å². The molecule has 0 aliphatic heterocycles. The van der Waals surface area contributed by atoms with Gasteiger partial charge in [0.25, 0.3) is 0 Å². The zero-order chi connectivity index (χ0) is 0. The Hall–Kier alpha value is 1.02. The Morgan fingerprint density at radius 1 is 0.500 bits per heavy atom. The van der Waals surface area contributed by atoms with Gasteiger partial charge in [-0.05, 0) is 0 Å². The van der Waals surface area contributed by atoms with Crippen LogP contribution >= 0.6 is 0 Å². The molecule has 0 spiro atoms. The topological polar surface area (TPSA) is 120 Å². The minimum Gasteiger partial charge on any atom is -0.870 e. The fraction of sp³-hybridized carbons (Fsp3) is 0. The zero-order valence-corrected chi connectivity index (χ0v) is 5.68. The van der Waals surface area contributed by atoms with E-state index in [0.717, 1.165) is 0 Å². The summed E-state index contributed by atoms with van der Waals surface area (Å²) in [6.07, 6.45) is 0. The molecule has 0 rings (SSSR count). The first-order chi connectivity index (χ1) is 0. The molecular formula is H4NiO4Pt. The summed E-state index contributed by atoms with van der Waals surface area (Å²) in [5.74, 6) is 0. The Balaban J connectivity index is 0. The van der Waals surface area contributed by atoms with E-state index in [1.807, 2.05) is 0 Å². The van der Waals surface area contributed by atoms with E-state index in [1.165, 1.54) is 0 Å². The van der Waals surface area contributed by atoms with Gasteiger partial charge in [-0.1, -0.05) is 0 Å². The van der Waals surface area contributed by atoms with Crippen LogP contribution in [-0.2, 0) is 37.6 Å². The van der Waals surface area contributed by atoms with Gasteiger partial charge in [-0.3, -0.25) is 0 Å². The molecular weight excluding hydrogens is 318 g/mol. The number of rotatable bonds is 0. The molecule has 0 radical (unpaired) electrons. The minimum atomic E-state index is 0. The molecule has 0 atom stereocenters. The molecule has 4 nitrogen and oxygen atoms in total. The minimum absolute atomic E-state index is 0. The SMILES string of the molecule is [Ni+2].[OH-].[OH-].[OH-].[OH-].[Pt+2]. The Bertz CT molecular complexity index is 7.51. The molecule has 0 saturated heterocycles. The van der Waals surface area contributed by atoms with Crippen LogP contribution in [0.15, 0.2) is 0 Å². The van der Waals surface area contributed by atoms with E-state index in [-0.39, 0.29) is 59.5 Å². The summed E-state index contributed by atoms with van der Waals surface area (Å²) in [6.45, 7) is 0. The molecule has 0 aromatic rings. The Labute approximate surface area is 59.7 Å². The Morgan fingerprint density at radius 3 is 0.500 bits per heavy atom. The van der Waals surface area contributed by atoms with Crippen molar-refractivity contribution in [2.75, 3.05) is 0 Å². The molecule has 0 aliphatic carbocycles. The van der Waals surface area contributed by atoms with Crippen molar-refractivity contribution >= 4 is 0 Å². The van der Waals surface area contributed by atoms with Gasteiger partial charge in [0, 0.05) is 0 Å². The van der Waals surface area contributed by atoms with Gasteiger partial charge in [-0.2, -0.15) is 0 Å². The van der Waals surface area contributed by atoms with E-state index < -0.39 is 0 Å². The van der Waals surface area contributed by atoms with Crippen LogP contribution in [0.2, 0.25) is 0 Å². The van der Waals surface area contributed by atoms with E-state index >= 15 is 0 Å². The quantitative estimate of drug-likeness (QED) is 0.547. The molecule has 6 heteroatoms. The maximum atomic E-state index is 0. The number of hydrogen-bond acceptors (Lipinski definition) is 4. The van der Waals surface area contributed by atoms with Crippen molar-refractivity contribution in [3.05, 3.63) is 0 Å². The molecule has 0 unspecified atom stereocenters. The third kappa shape index (κ3) is 77.8. The van der Waals surface area contributed by atoms with Gasteiger partial charge in [0.1, 0.15) is 0 Å². The summed E-state index contributed by atoms with van der Waals surface area (Å²) in [5.41, 5.74) is 0. The first-order valence-electron chi connectivity index (χ1n) is 0. The van der Waals surface area contributed by atoms with Crippen LogP contribution in [-0.4, -0.2) is 21.9 Å². The van der Waals surface area contributed by atoms with Crippen molar-refractivity contribution in [3.8, 4) is 0 Å². The molecule has 0 heterocycles. The van der Waals surface area contributed by atoms with E-state index in [4.69, 9.17) is 0 Å². The van der Waals surface area contributed by atoms with Crippen LogP contribution < -0.4 is 0 Å². The molecule has 0 aromatic carbocycles. The number of hydrogen-bond donors (Lipinski definition) is 0. The van der Waals surface area contributed by atoms with Gasteiger partial charge in [0.05, 0.1) is 0 Å². The van der Waals surface area contributed by atoms with Crippen molar-refractivity contribution in [1.29, 1.82) is 0 Å². The third-order valence-electron chi connectivity index (χ3n) is 0. The van der Waals surface area contributed by atoms with Crippen LogP contribution in [0.25, 0.3) is 0 Å². The molecule has 48 valence electrons. The Morgan fingerprint density at radius 2 is 0.500 bits per heavy atom. The van der Waals surface area contributed by atoms with Crippen molar-refractivity contribution < 1.29 is 59.5 Å². The fourth-order valence-electron chi connectivity index (χ4n) is 0. The molecule has 0 aliphatic rings. The van der Waals surface area contributed by atoms with Crippen LogP contribution in [0.1, 0.15) is 0 Å². The molecule has 6 heavy (non-hydrogen) atoms. The van der Waals surface area contributed by atoms with Gasteiger partial charge in [-0.25, -0.2) is 0 Å². The van der Waals surface area contributed by atoms with Gasteiger partial charge in [0.15, 0.2) is 0 Å². The maximum Gasteiger partial charge on any atom is 2.00 e. The van der Waals surface area contributed by atoms with E-state index in [1.54, 1.807) is 0 Å². The van der Waals surface area contributed by atoms with Gasteiger partial charge < -0.3 is 21.9 Å². The van der Waals surface area contributed by atoms with Crippen molar-refractivity contribution in [1.82, 2.24) is 0 Å². The summed E-state index contributed by atoms with van der Waals surface area (Å²) in [6, 6.07) is 0. The van der Waals surface area contributed by atoms with Crippen molar-refractivity contribution in [3.63, 3.8) is 0 Å². The monoisotopic (exact) mass is 321 g/mol. The second-order valence-electron chi connectivity index (χ2n) is 0. The van der Waals surface area contributed by atoms with Crippen LogP contribution in [0.4, 0.5) is 0 Å². The average molecular weight is 322 g/mol. The molecule has 4 N–H and O–H groups in total. The molecule has 0 fully saturated rings. The first kappa shape index (κ1) is 244. The fourth-order valence-corrected chi connectivity index (χ4v) is 0. The predicted octanol–water partition coefficient (Wildman–Crippen LogP) is -0.712. The third-order valence-corrected chi connectivity index (χ3v) is 0.